The second-order valence-electron chi connectivity index (χ2n) is 4.77. The lowest BCUT2D eigenvalue weighted by atomic mass is 9.63. The van der Waals surface area contributed by atoms with E-state index in [9.17, 15) is 0 Å². The van der Waals surface area contributed by atoms with Crippen LogP contribution in [0.5, 0.6) is 0 Å². The smallest absolute Gasteiger partial charge is 0.0222 e. The van der Waals surface area contributed by atoms with E-state index in [-0.39, 0.29) is 0 Å². The van der Waals surface area contributed by atoms with Crippen LogP contribution in [-0.4, -0.2) is 0 Å². The van der Waals surface area contributed by atoms with Crippen molar-refractivity contribution in [1.29, 1.82) is 0 Å². The first-order valence-electron chi connectivity index (χ1n) is 5.89. The van der Waals surface area contributed by atoms with Crippen molar-refractivity contribution in [3.8, 4) is 0 Å². The van der Waals surface area contributed by atoms with Gasteiger partial charge in [-0.05, 0) is 36.7 Å². The summed E-state index contributed by atoms with van der Waals surface area (Å²) in [7, 11) is 0. The maximum absolute atomic E-state index is 2.31. The third-order valence-corrected chi connectivity index (χ3v) is 3.62. The van der Waals surface area contributed by atoms with Crippen molar-refractivity contribution in [2.75, 3.05) is 0 Å². The molecule has 0 aromatic heterocycles. The highest BCUT2D eigenvalue weighted by molar-refractivity contribution is 5.17. The minimum Gasteiger partial charge on any atom is -0.0654 e. The fourth-order valence-electron chi connectivity index (χ4n) is 2.75. The Morgan fingerprint density at radius 2 is 1.86 bits per heavy atom. The molecule has 0 heteroatoms. The predicted octanol–water partition coefficient (Wildman–Crippen LogP) is 4.20. The molecule has 0 atom stereocenters. The quantitative estimate of drug-likeness (QED) is 0.664. The summed E-state index contributed by atoms with van der Waals surface area (Å²) in [5.74, 6) is 0. The zero-order chi connectivity index (χ0) is 9.86. The van der Waals surface area contributed by atoms with E-state index in [4.69, 9.17) is 0 Å². The van der Waals surface area contributed by atoms with Crippen LogP contribution in [-0.2, 0) is 6.42 Å². The van der Waals surface area contributed by atoms with E-state index in [0.29, 0.717) is 5.41 Å². The third kappa shape index (κ3) is 2.00. The summed E-state index contributed by atoms with van der Waals surface area (Å²) in [4.78, 5) is 0. The van der Waals surface area contributed by atoms with E-state index >= 15 is 0 Å². The fourth-order valence-corrected chi connectivity index (χ4v) is 2.75. The molecule has 0 radical (unpaired) electrons. The molecule has 0 bridgehead atoms. The average molecular weight is 188 g/mol. The number of benzene rings is 1. The minimum absolute atomic E-state index is 0.677. The molecule has 0 aliphatic heterocycles. The molecule has 1 aliphatic rings. The van der Waals surface area contributed by atoms with Gasteiger partial charge in [0.25, 0.3) is 0 Å². The molecule has 76 valence electrons. The van der Waals surface area contributed by atoms with Crippen LogP contribution in [0.3, 0.4) is 0 Å². The third-order valence-electron chi connectivity index (χ3n) is 3.62. The molecule has 1 aromatic rings. The van der Waals surface area contributed by atoms with Gasteiger partial charge in [0, 0.05) is 0 Å². The van der Waals surface area contributed by atoms with E-state index in [2.05, 4.69) is 37.3 Å². The maximum atomic E-state index is 2.31. The Labute approximate surface area is 87.3 Å². The van der Waals surface area contributed by atoms with Crippen LogP contribution in [0.25, 0.3) is 0 Å². The topological polar surface area (TPSA) is 0 Å². The van der Waals surface area contributed by atoms with E-state index in [1.54, 1.807) is 0 Å². The van der Waals surface area contributed by atoms with Crippen LogP contribution in [0, 0.1) is 5.41 Å². The molecule has 0 spiro atoms. The summed E-state index contributed by atoms with van der Waals surface area (Å²) in [5, 5.41) is 0. The molecule has 0 saturated heterocycles. The molecule has 0 heterocycles. The summed E-state index contributed by atoms with van der Waals surface area (Å²) in [6, 6.07) is 11.0. The summed E-state index contributed by atoms with van der Waals surface area (Å²) in [5.41, 5.74) is 2.21. The second kappa shape index (κ2) is 4.16. The zero-order valence-corrected chi connectivity index (χ0v) is 9.13. The molecule has 1 aromatic carbocycles. The second-order valence-corrected chi connectivity index (χ2v) is 4.77. The fraction of sp³-hybridized carbons (Fsp3) is 0.571. The number of hydrogen-bond donors (Lipinski definition) is 0. The number of hydrogen-bond acceptors (Lipinski definition) is 0. The summed E-state index contributed by atoms with van der Waals surface area (Å²) in [6.07, 6.45) is 8.43. The normalized spacial score (nSPS) is 18.9. The first-order chi connectivity index (χ1) is 6.85. The molecule has 0 amide bonds. The van der Waals surface area contributed by atoms with Gasteiger partial charge in [-0.2, -0.15) is 0 Å². The molecule has 1 saturated carbocycles. The Bertz CT molecular complexity index is 269. The first kappa shape index (κ1) is 9.76. The zero-order valence-electron chi connectivity index (χ0n) is 9.13. The molecule has 14 heavy (non-hydrogen) atoms. The molecule has 2 rings (SSSR count). The summed E-state index contributed by atoms with van der Waals surface area (Å²) < 4.78 is 0. The van der Waals surface area contributed by atoms with Gasteiger partial charge in [-0.25, -0.2) is 0 Å². The van der Waals surface area contributed by atoms with Gasteiger partial charge in [0.15, 0.2) is 0 Å². The highest BCUT2D eigenvalue weighted by Crippen LogP contribution is 2.47. The molecular formula is C14H20. The van der Waals surface area contributed by atoms with Crippen LogP contribution < -0.4 is 0 Å². The highest BCUT2D eigenvalue weighted by Gasteiger charge is 2.35. The largest absolute Gasteiger partial charge is 0.0654 e. The first-order valence-corrected chi connectivity index (χ1v) is 5.89. The molecule has 0 unspecified atom stereocenters. The highest BCUT2D eigenvalue weighted by atomic mass is 14.4. The Morgan fingerprint density at radius 1 is 1.14 bits per heavy atom. The van der Waals surface area contributed by atoms with Gasteiger partial charge in [0.1, 0.15) is 0 Å². The Kier molecular flexibility index (Phi) is 2.90. The Morgan fingerprint density at radius 3 is 2.36 bits per heavy atom. The molecule has 0 nitrogen and oxygen atoms in total. The van der Waals surface area contributed by atoms with Crippen LogP contribution >= 0.6 is 0 Å². The van der Waals surface area contributed by atoms with Crippen LogP contribution in [0.2, 0.25) is 0 Å². The maximum Gasteiger partial charge on any atom is -0.0222 e. The van der Waals surface area contributed by atoms with E-state index in [0.717, 1.165) is 0 Å². The SMILES string of the molecule is CCCC1(Cc2ccccc2)CCC1. The van der Waals surface area contributed by atoms with Crippen LogP contribution in [0.15, 0.2) is 30.3 Å². The van der Waals surface area contributed by atoms with Gasteiger partial charge in [0.05, 0.1) is 0 Å². The summed E-state index contributed by atoms with van der Waals surface area (Å²) in [6.45, 7) is 2.31. The van der Waals surface area contributed by atoms with Gasteiger partial charge in [-0.15, -0.1) is 0 Å². The van der Waals surface area contributed by atoms with Gasteiger partial charge < -0.3 is 0 Å². The van der Waals surface area contributed by atoms with Gasteiger partial charge in [-0.3, -0.25) is 0 Å². The lowest BCUT2D eigenvalue weighted by Gasteiger charge is -2.42. The van der Waals surface area contributed by atoms with E-state index in [1.807, 2.05) is 0 Å². The van der Waals surface area contributed by atoms with E-state index in [1.165, 1.54) is 44.1 Å². The summed E-state index contributed by atoms with van der Waals surface area (Å²) >= 11 is 0. The molecular weight excluding hydrogens is 168 g/mol. The Hall–Kier alpha value is -0.780. The molecule has 1 fully saturated rings. The van der Waals surface area contributed by atoms with Crippen molar-refractivity contribution in [2.24, 2.45) is 5.41 Å². The van der Waals surface area contributed by atoms with Crippen molar-refractivity contribution >= 4 is 0 Å². The standard InChI is InChI=1S/C14H20/c1-2-9-14(10-6-11-14)12-13-7-4-3-5-8-13/h3-5,7-8H,2,6,9-12H2,1H3. The average Bonchev–Trinajstić information content (AvgIpc) is 2.16. The minimum atomic E-state index is 0.677. The van der Waals surface area contributed by atoms with Crippen molar-refractivity contribution in [2.45, 2.75) is 45.4 Å². The monoisotopic (exact) mass is 188 g/mol. The van der Waals surface area contributed by atoms with Crippen molar-refractivity contribution < 1.29 is 0 Å². The lowest BCUT2D eigenvalue weighted by Crippen LogP contribution is -2.31. The number of rotatable bonds is 4. The van der Waals surface area contributed by atoms with Crippen LogP contribution in [0.4, 0.5) is 0 Å². The van der Waals surface area contributed by atoms with Crippen LogP contribution in [0.1, 0.15) is 44.6 Å². The van der Waals surface area contributed by atoms with E-state index < -0.39 is 0 Å². The van der Waals surface area contributed by atoms with Gasteiger partial charge in [-0.1, -0.05) is 50.1 Å². The lowest BCUT2D eigenvalue weighted by molar-refractivity contribution is 0.118. The van der Waals surface area contributed by atoms with Gasteiger partial charge in [0.2, 0.25) is 0 Å². The molecule has 0 N–H and O–H groups in total. The van der Waals surface area contributed by atoms with Crippen molar-refractivity contribution in [3.63, 3.8) is 0 Å². The van der Waals surface area contributed by atoms with Crippen molar-refractivity contribution in [3.05, 3.63) is 35.9 Å². The van der Waals surface area contributed by atoms with Crippen molar-refractivity contribution in [1.82, 2.24) is 0 Å². The molecule has 1 aliphatic carbocycles. The Balaban J connectivity index is 2.01. The predicted molar refractivity (Wildman–Crippen MR) is 61.3 cm³/mol. The van der Waals surface area contributed by atoms with Gasteiger partial charge >= 0.3 is 0 Å².